The number of rotatable bonds is 4. The van der Waals surface area contributed by atoms with E-state index in [1.165, 1.54) is 4.90 Å². The fourth-order valence-electron chi connectivity index (χ4n) is 2.13. The second kappa shape index (κ2) is 5.61. The third-order valence-electron chi connectivity index (χ3n) is 3.01. The molecule has 0 aliphatic carbocycles. The monoisotopic (exact) mass is 317 g/mol. The van der Waals surface area contributed by atoms with Gasteiger partial charge in [-0.25, -0.2) is 8.42 Å². The van der Waals surface area contributed by atoms with Gasteiger partial charge in [-0.3, -0.25) is 4.79 Å². The number of para-hydroxylation sites is 2. The molecule has 1 saturated heterocycles. The molecule has 110 valence electrons. The Bertz CT molecular complexity index is 615. The summed E-state index contributed by atoms with van der Waals surface area (Å²) in [5.74, 6) is 0.294. The highest BCUT2D eigenvalue weighted by Gasteiger charge is 2.38. The van der Waals surface area contributed by atoms with Gasteiger partial charge in [0.25, 0.3) is 0 Å². The van der Waals surface area contributed by atoms with E-state index < -0.39 is 14.3 Å². The van der Waals surface area contributed by atoms with E-state index in [1.807, 2.05) is 13.8 Å². The molecule has 1 aliphatic rings. The van der Waals surface area contributed by atoms with Crippen LogP contribution in [-0.4, -0.2) is 32.2 Å². The standard InChI is InChI=1S/C13H16ClNO4S/c1-9(2)19-12-6-4-3-5-11(12)15-8-10(7-13(15)16)20(14,17)18/h3-6,9-10H,7-8H2,1-2H3. The van der Waals surface area contributed by atoms with Gasteiger partial charge < -0.3 is 9.64 Å². The molecule has 0 spiro atoms. The molecule has 0 aromatic heterocycles. The smallest absolute Gasteiger partial charge is 0.237 e. The lowest BCUT2D eigenvalue weighted by Crippen LogP contribution is -2.27. The number of carbonyl (C=O) groups excluding carboxylic acids is 1. The van der Waals surface area contributed by atoms with Gasteiger partial charge in [0.05, 0.1) is 11.8 Å². The van der Waals surface area contributed by atoms with E-state index in [-0.39, 0.29) is 25.0 Å². The van der Waals surface area contributed by atoms with E-state index in [4.69, 9.17) is 15.4 Å². The second-order valence-corrected chi connectivity index (χ2v) is 7.85. The zero-order valence-electron chi connectivity index (χ0n) is 11.2. The minimum atomic E-state index is -3.74. The van der Waals surface area contributed by atoms with Crippen LogP contribution in [0.15, 0.2) is 24.3 Å². The summed E-state index contributed by atoms with van der Waals surface area (Å²) in [5.41, 5.74) is 0.578. The van der Waals surface area contributed by atoms with Gasteiger partial charge in [-0.15, -0.1) is 0 Å². The van der Waals surface area contributed by atoms with Gasteiger partial charge in [0, 0.05) is 23.6 Å². The Morgan fingerprint density at radius 3 is 2.55 bits per heavy atom. The first-order chi connectivity index (χ1) is 9.29. The molecule has 1 heterocycles. The molecule has 1 aromatic rings. The number of benzene rings is 1. The van der Waals surface area contributed by atoms with Crippen LogP contribution >= 0.6 is 10.7 Å². The summed E-state index contributed by atoms with van der Waals surface area (Å²) in [5, 5.41) is -0.872. The number of hydrogen-bond acceptors (Lipinski definition) is 4. The number of ether oxygens (including phenoxy) is 1. The Morgan fingerprint density at radius 2 is 2.00 bits per heavy atom. The first kappa shape index (κ1) is 15.1. The van der Waals surface area contributed by atoms with Crippen molar-refractivity contribution in [2.75, 3.05) is 11.4 Å². The van der Waals surface area contributed by atoms with Crippen molar-refractivity contribution in [2.24, 2.45) is 0 Å². The SMILES string of the molecule is CC(C)Oc1ccccc1N1CC(S(=O)(=O)Cl)CC1=O. The number of amides is 1. The second-order valence-electron chi connectivity index (χ2n) is 4.94. The molecule has 7 heteroatoms. The first-order valence-electron chi connectivity index (χ1n) is 6.28. The maximum Gasteiger partial charge on any atom is 0.237 e. The summed E-state index contributed by atoms with van der Waals surface area (Å²) in [4.78, 5) is 13.4. The van der Waals surface area contributed by atoms with Crippen LogP contribution in [0.3, 0.4) is 0 Å². The molecule has 0 saturated carbocycles. The molecule has 0 N–H and O–H groups in total. The van der Waals surface area contributed by atoms with Crippen LogP contribution in [-0.2, 0) is 13.8 Å². The zero-order chi connectivity index (χ0) is 14.9. The van der Waals surface area contributed by atoms with Gasteiger partial charge in [0.15, 0.2) is 0 Å². The Morgan fingerprint density at radius 1 is 1.35 bits per heavy atom. The van der Waals surface area contributed by atoms with Crippen molar-refractivity contribution in [3.63, 3.8) is 0 Å². The number of halogens is 1. The van der Waals surface area contributed by atoms with E-state index in [0.29, 0.717) is 11.4 Å². The van der Waals surface area contributed by atoms with E-state index in [0.717, 1.165) is 0 Å². The van der Waals surface area contributed by atoms with E-state index in [9.17, 15) is 13.2 Å². The van der Waals surface area contributed by atoms with Gasteiger partial charge in [0.2, 0.25) is 15.0 Å². The van der Waals surface area contributed by atoms with Gasteiger partial charge in [-0.05, 0) is 26.0 Å². The lowest BCUT2D eigenvalue weighted by molar-refractivity contribution is -0.117. The van der Waals surface area contributed by atoms with E-state index >= 15 is 0 Å². The fourth-order valence-corrected chi connectivity index (χ4v) is 3.16. The highest BCUT2D eigenvalue weighted by atomic mass is 35.7. The fraction of sp³-hybridized carbons (Fsp3) is 0.462. The molecule has 5 nitrogen and oxygen atoms in total. The molecular weight excluding hydrogens is 302 g/mol. The summed E-state index contributed by atoms with van der Waals surface area (Å²) in [7, 11) is 1.60. The Balaban J connectivity index is 2.31. The average molecular weight is 318 g/mol. The van der Waals surface area contributed by atoms with Crippen molar-refractivity contribution in [1.29, 1.82) is 0 Å². The van der Waals surface area contributed by atoms with Crippen molar-refractivity contribution >= 4 is 31.3 Å². The molecule has 1 aliphatic heterocycles. The first-order valence-corrected chi connectivity index (χ1v) is 8.66. The zero-order valence-corrected chi connectivity index (χ0v) is 12.8. The number of carbonyl (C=O) groups is 1. The summed E-state index contributed by atoms with van der Waals surface area (Å²) in [6.07, 6.45) is -0.136. The van der Waals surface area contributed by atoms with Gasteiger partial charge >= 0.3 is 0 Å². The van der Waals surface area contributed by atoms with Crippen LogP contribution in [0.1, 0.15) is 20.3 Å². The highest BCUT2D eigenvalue weighted by molar-refractivity contribution is 8.14. The predicted octanol–water partition coefficient (Wildman–Crippen LogP) is 2.15. The quantitative estimate of drug-likeness (QED) is 0.798. The van der Waals surface area contributed by atoms with Crippen LogP contribution in [0.25, 0.3) is 0 Å². The molecule has 1 atom stereocenters. The molecule has 0 bridgehead atoms. The molecular formula is C13H16ClNO4S. The van der Waals surface area contributed by atoms with Crippen molar-refractivity contribution < 1.29 is 17.9 Å². The number of hydrogen-bond donors (Lipinski definition) is 0. The summed E-state index contributed by atoms with van der Waals surface area (Å²) >= 11 is 0. The molecule has 20 heavy (non-hydrogen) atoms. The molecule has 2 rings (SSSR count). The normalized spacial score (nSPS) is 19.7. The van der Waals surface area contributed by atoms with Crippen molar-refractivity contribution in [3.8, 4) is 5.75 Å². The van der Waals surface area contributed by atoms with Crippen LogP contribution in [0.2, 0.25) is 0 Å². The minimum Gasteiger partial charge on any atom is -0.489 e. The van der Waals surface area contributed by atoms with Crippen molar-refractivity contribution in [3.05, 3.63) is 24.3 Å². The van der Waals surface area contributed by atoms with Gasteiger partial charge in [0.1, 0.15) is 11.0 Å². The van der Waals surface area contributed by atoms with Crippen molar-refractivity contribution in [2.45, 2.75) is 31.6 Å². The lowest BCUT2D eigenvalue weighted by atomic mass is 10.2. The largest absolute Gasteiger partial charge is 0.489 e. The number of nitrogens with zero attached hydrogens (tertiary/aromatic N) is 1. The Kier molecular flexibility index (Phi) is 4.25. The van der Waals surface area contributed by atoms with Gasteiger partial charge in [-0.1, -0.05) is 12.1 Å². The summed E-state index contributed by atoms with van der Waals surface area (Å²) in [6.45, 7) is 3.83. The minimum absolute atomic E-state index is 0.0404. The average Bonchev–Trinajstić information content (AvgIpc) is 2.71. The summed E-state index contributed by atoms with van der Waals surface area (Å²) < 4.78 is 28.4. The maximum atomic E-state index is 12.0. The van der Waals surface area contributed by atoms with E-state index in [1.54, 1.807) is 24.3 Å². The number of anilines is 1. The predicted molar refractivity (Wildman–Crippen MR) is 77.7 cm³/mol. The van der Waals surface area contributed by atoms with Gasteiger partial charge in [-0.2, -0.15) is 0 Å². The van der Waals surface area contributed by atoms with Crippen LogP contribution in [0, 0.1) is 0 Å². The highest BCUT2D eigenvalue weighted by Crippen LogP contribution is 2.33. The lowest BCUT2D eigenvalue weighted by Gasteiger charge is -2.21. The molecule has 1 unspecified atom stereocenters. The molecule has 1 aromatic carbocycles. The summed E-state index contributed by atoms with van der Waals surface area (Å²) in [6, 6.07) is 7.07. The molecule has 1 amide bonds. The Hall–Kier alpha value is -1.27. The third-order valence-corrected chi connectivity index (χ3v) is 4.87. The van der Waals surface area contributed by atoms with E-state index in [2.05, 4.69) is 0 Å². The van der Waals surface area contributed by atoms with Crippen LogP contribution in [0.4, 0.5) is 5.69 Å². The maximum absolute atomic E-state index is 12.0. The van der Waals surface area contributed by atoms with Crippen molar-refractivity contribution in [1.82, 2.24) is 0 Å². The topological polar surface area (TPSA) is 63.7 Å². The van der Waals surface area contributed by atoms with Crippen LogP contribution in [0.5, 0.6) is 5.75 Å². The molecule has 1 fully saturated rings. The molecule has 0 radical (unpaired) electrons. The third kappa shape index (κ3) is 3.24. The Labute approximate surface area is 122 Å². The van der Waals surface area contributed by atoms with Crippen LogP contribution < -0.4 is 9.64 Å².